The second kappa shape index (κ2) is 10.7. The summed E-state index contributed by atoms with van der Waals surface area (Å²) < 4.78 is 47.8. The van der Waals surface area contributed by atoms with Crippen LogP contribution >= 0.6 is 0 Å². The van der Waals surface area contributed by atoms with Gasteiger partial charge in [0.25, 0.3) is 5.91 Å². The maximum Gasteiger partial charge on any atom is 0.251 e. The number of hydrogen-bond donors (Lipinski definition) is 1. The summed E-state index contributed by atoms with van der Waals surface area (Å²) in [6.07, 6.45) is 2.59. The van der Waals surface area contributed by atoms with E-state index >= 15 is 0 Å². The smallest absolute Gasteiger partial charge is 0.251 e. The lowest BCUT2D eigenvalue weighted by molar-refractivity contribution is -0.135. The number of nitrogens with zero attached hydrogens (tertiary/aromatic N) is 2. The van der Waals surface area contributed by atoms with Crippen molar-refractivity contribution in [2.24, 2.45) is 0 Å². The number of amides is 2. The first kappa shape index (κ1) is 26.5. The normalized spacial score (nSPS) is 15.9. The minimum absolute atomic E-state index is 0.152. The van der Waals surface area contributed by atoms with Crippen LogP contribution in [0.3, 0.4) is 0 Å². The second-order valence-electron chi connectivity index (χ2n) is 8.29. The molecule has 0 radical (unpaired) electrons. The molecular formula is C23H27N3O7S2. The van der Waals surface area contributed by atoms with E-state index in [9.17, 15) is 31.2 Å². The van der Waals surface area contributed by atoms with Gasteiger partial charge in [0.15, 0.2) is 9.84 Å². The predicted octanol–water partition coefficient (Wildman–Crippen LogP) is 0.548. The number of hydrogen-bond acceptors (Lipinski definition) is 7. The number of carbonyl (C=O) groups excluding carboxylic acids is 3. The van der Waals surface area contributed by atoms with Gasteiger partial charge in [0.1, 0.15) is 12.3 Å². The van der Waals surface area contributed by atoms with Crippen molar-refractivity contribution in [1.29, 1.82) is 0 Å². The zero-order chi connectivity index (χ0) is 25.8. The van der Waals surface area contributed by atoms with E-state index in [0.29, 0.717) is 6.29 Å². The Morgan fingerprint density at radius 3 is 1.86 bits per heavy atom. The number of carbonyl (C=O) groups is 3. The van der Waals surface area contributed by atoms with Gasteiger partial charge in [-0.15, -0.1) is 0 Å². The fourth-order valence-electron chi connectivity index (χ4n) is 3.73. The van der Waals surface area contributed by atoms with Gasteiger partial charge in [-0.1, -0.05) is 24.3 Å². The molecule has 3 rings (SSSR count). The van der Waals surface area contributed by atoms with Gasteiger partial charge in [0.2, 0.25) is 15.9 Å². The molecular weight excluding hydrogens is 494 g/mol. The van der Waals surface area contributed by atoms with Gasteiger partial charge in [-0.3, -0.25) is 9.59 Å². The van der Waals surface area contributed by atoms with Crippen molar-refractivity contribution in [2.45, 2.75) is 17.4 Å². The van der Waals surface area contributed by atoms with E-state index in [1.54, 1.807) is 36.4 Å². The highest BCUT2D eigenvalue weighted by atomic mass is 32.2. The first-order valence-electron chi connectivity index (χ1n) is 10.8. The number of benzene rings is 2. The molecule has 0 unspecified atom stereocenters. The van der Waals surface area contributed by atoms with Crippen molar-refractivity contribution in [3.63, 3.8) is 0 Å². The van der Waals surface area contributed by atoms with E-state index in [2.05, 4.69) is 5.32 Å². The van der Waals surface area contributed by atoms with Crippen molar-refractivity contribution in [3.8, 4) is 11.1 Å². The van der Waals surface area contributed by atoms with Crippen LogP contribution in [-0.2, 0) is 29.4 Å². The molecule has 0 saturated carbocycles. The molecule has 10 nitrogen and oxygen atoms in total. The third-order valence-corrected chi connectivity index (χ3v) is 8.15. The summed E-state index contributed by atoms with van der Waals surface area (Å²) in [5.41, 5.74) is 1.82. The summed E-state index contributed by atoms with van der Waals surface area (Å²) in [4.78, 5) is 38.4. The Kier molecular flexibility index (Phi) is 8.08. The van der Waals surface area contributed by atoms with Crippen LogP contribution in [0.4, 0.5) is 0 Å². The molecule has 2 aromatic carbocycles. The zero-order valence-electron chi connectivity index (χ0n) is 19.4. The Bertz CT molecular complexity index is 1300. The van der Waals surface area contributed by atoms with Gasteiger partial charge in [0.05, 0.1) is 11.2 Å². The molecule has 0 aromatic heterocycles. The van der Waals surface area contributed by atoms with Crippen LogP contribution < -0.4 is 5.32 Å². The van der Waals surface area contributed by atoms with Crippen LogP contribution in [0.15, 0.2) is 53.4 Å². The molecule has 1 saturated heterocycles. The highest BCUT2D eigenvalue weighted by Crippen LogP contribution is 2.22. The molecule has 1 aliphatic heterocycles. The summed E-state index contributed by atoms with van der Waals surface area (Å²) in [6, 6.07) is 11.9. The Morgan fingerprint density at radius 2 is 1.40 bits per heavy atom. The highest BCUT2D eigenvalue weighted by molar-refractivity contribution is 7.90. The van der Waals surface area contributed by atoms with Crippen LogP contribution in [-0.4, -0.2) is 88.9 Å². The van der Waals surface area contributed by atoms with Gasteiger partial charge < -0.3 is 15.0 Å². The first-order chi connectivity index (χ1) is 16.4. The van der Waals surface area contributed by atoms with Gasteiger partial charge in [-0.2, -0.15) is 4.31 Å². The summed E-state index contributed by atoms with van der Waals surface area (Å²) in [6.45, 7) is 0.645. The molecule has 188 valence electrons. The Morgan fingerprint density at radius 1 is 0.886 bits per heavy atom. The number of sulfonamides is 1. The van der Waals surface area contributed by atoms with Crippen molar-refractivity contribution in [2.75, 3.05) is 38.7 Å². The monoisotopic (exact) mass is 521 g/mol. The number of piperazine rings is 1. The fraction of sp³-hybridized carbons (Fsp3) is 0.348. The first-order valence-corrected chi connectivity index (χ1v) is 14.5. The van der Waals surface area contributed by atoms with Crippen molar-refractivity contribution < 1.29 is 31.2 Å². The van der Waals surface area contributed by atoms with Crippen LogP contribution in [0.25, 0.3) is 11.1 Å². The van der Waals surface area contributed by atoms with Gasteiger partial charge in [-0.05, 0) is 35.4 Å². The van der Waals surface area contributed by atoms with Gasteiger partial charge in [-0.25, -0.2) is 16.8 Å². The molecule has 2 aromatic rings. The van der Waals surface area contributed by atoms with E-state index in [0.717, 1.165) is 23.6 Å². The lowest BCUT2D eigenvalue weighted by atomic mass is 10.0. The third-order valence-electron chi connectivity index (χ3n) is 5.72. The summed E-state index contributed by atoms with van der Waals surface area (Å²) in [7, 11) is -6.65. The van der Waals surface area contributed by atoms with E-state index in [1.165, 1.54) is 21.3 Å². The van der Waals surface area contributed by atoms with E-state index in [1.807, 2.05) is 0 Å². The molecule has 0 aliphatic carbocycles. The lowest BCUT2D eigenvalue weighted by Crippen LogP contribution is -2.55. The molecule has 1 fully saturated rings. The largest absolute Gasteiger partial charge is 0.340 e. The van der Waals surface area contributed by atoms with Crippen molar-refractivity contribution in [3.05, 3.63) is 54.1 Å². The number of rotatable bonds is 8. The average Bonchev–Trinajstić information content (AvgIpc) is 2.82. The average molecular weight is 522 g/mol. The van der Waals surface area contributed by atoms with E-state index in [4.69, 9.17) is 0 Å². The highest BCUT2D eigenvalue weighted by Gasteiger charge is 2.31. The van der Waals surface area contributed by atoms with Gasteiger partial charge in [0, 0.05) is 44.4 Å². The van der Waals surface area contributed by atoms with E-state index in [-0.39, 0.29) is 43.1 Å². The quantitative estimate of drug-likeness (QED) is 0.501. The Balaban J connectivity index is 1.66. The predicted molar refractivity (Wildman–Crippen MR) is 130 cm³/mol. The third kappa shape index (κ3) is 6.74. The van der Waals surface area contributed by atoms with Crippen LogP contribution in [0.1, 0.15) is 16.8 Å². The SMILES string of the molecule is CS(=O)(=O)c1ccc(-c2ccc(C(=O)N[C@@H](CC=O)C(=O)N3CCN(S(C)(=O)=O)CC3)cc2)cc1. The van der Waals surface area contributed by atoms with Crippen molar-refractivity contribution >= 4 is 38.0 Å². The molecule has 0 spiro atoms. The van der Waals surface area contributed by atoms with E-state index < -0.39 is 37.7 Å². The van der Waals surface area contributed by atoms with Crippen LogP contribution in [0, 0.1) is 0 Å². The molecule has 1 atom stereocenters. The summed E-state index contributed by atoms with van der Waals surface area (Å²) >= 11 is 0. The maximum absolute atomic E-state index is 12.9. The van der Waals surface area contributed by atoms with Gasteiger partial charge >= 0.3 is 0 Å². The Labute approximate surface area is 204 Å². The summed E-state index contributed by atoms with van der Waals surface area (Å²) in [5.74, 6) is -0.972. The minimum Gasteiger partial charge on any atom is -0.340 e. The molecule has 12 heteroatoms. The topological polar surface area (TPSA) is 138 Å². The fourth-order valence-corrected chi connectivity index (χ4v) is 5.19. The maximum atomic E-state index is 12.9. The zero-order valence-corrected chi connectivity index (χ0v) is 21.0. The summed E-state index contributed by atoms with van der Waals surface area (Å²) in [5, 5.41) is 2.60. The van der Waals surface area contributed by atoms with Crippen molar-refractivity contribution in [1.82, 2.24) is 14.5 Å². The molecule has 1 N–H and O–H groups in total. The standard InChI is InChI=1S/C23H27N3O7S2/c1-34(30,31)20-9-7-18(8-10-20)17-3-5-19(6-4-17)22(28)24-21(11-16-27)23(29)25-12-14-26(15-13-25)35(2,32)33/h3-10,16,21H,11-15H2,1-2H3,(H,24,28)/t21-/m0/s1. The number of sulfone groups is 1. The molecule has 0 bridgehead atoms. The molecule has 1 heterocycles. The second-order valence-corrected chi connectivity index (χ2v) is 12.3. The van der Waals surface area contributed by atoms with Crippen LogP contribution in [0.5, 0.6) is 0 Å². The molecule has 2 amide bonds. The van der Waals surface area contributed by atoms with Crippen LogP contribution in [0.2, 0.25) is 0 Å². The number of aldehydes is 1. The minimum atomic E-state index is -3.35. The lowest BCUT2D eigenvalue weighted by Gasteiger charge is -2.35. The molecule has 35 heavy (non-hydrogen) atoms. The Hall–Kier alpha value is -3.09. The number of nitrogens with one attached hydrogen (secondary N) is 1. The molecule has 1 aliphatic rings.